The van der Waals surface area contributed by atoms with E-state index >= 15 is 0 Å². The number of nitrogens with zero attached hydrogens (tertiary/aromatic N) is 3. The number of nitrogens with two attached hydrogens (primary N) is 1. The summed E-state index contributed by atoms with van der Waals surface area (Å²) < 4.78 is 35.6. The molecule has 2 aromatic carbocycles. The smallest absolute Gasteiger partial charge is 0.305 e. The zero-order valence-electron chi connectivity index (χ0n) is 22.0. The van der Waals surface area contributed by atoms with E-state index in [4.69, 9.17) is 20.9 Å². The van der Waals surface area contributed by atoms with Crippen LogP contribution in [0.5, 0.6) is 0 Å². The molecule has 3 N–H and O–H groups in total. The number of esters is 1. The number of hydrogen-bond donors (Lipinski definition) is 2. The second-order valence-electron chi connectivity index (χ2n) is 9.54. The molecular formula is C27H37N5O4S. The Morgan fingerprint density at radius 2 is 1.86 bits per heavy atom. The van der Waals surface area contributed by atoms with Crippen molar-refractivity contribution in [3.63, 3.8) is 0 Å². The summed E-state index contributed by atoms with van der Waals surface area (Å²) in [6, 6.07) is 12.5. The first-order chi connectivity index (χ1) is 17.5. The maximum atomic E-state index is 13.6. The summed E-state index contributed by atoms with van der Waals surface area (Å²) in [5.74, 6) is 0.720. The van der Waals surface area contributed by atoms with Crippen LogP contribution in [0.2, 0.25) is 0 Å². The molecule has 0 saturated carbocycles. The zero-order chi connectivity index (χ0) is 27.2. The van der Waals surface area contributed by atoms with Crippen molar-refractivity contribution < 1.29 is 17.9 Å². The monoisotopic (exact) mass is 527 g/mol. The van der Waals surface area contributed by atoms with Crippen LogP contribution in [0.15, 0.2) is 47.4 Å². The molecule has 0 radical (unpaired) electrons. The van der Waals surface area contributed by atoms with Crippen molar-refractivity contribution in [3.05, 3.63) is 59.4 Å². The maximum Gasteiger partial charge on any atom is 0.305 e. The number of rotatable bonds is 13. The number of benzene rings is 2. The van der Waals surface area contributed by atoms with E-state index in [0.29, 0.717) is 50.0 Å². The maximum absolute atomic E-state index is 13.6. The van der Waals surface area contributed by atoms with Crippen LogP contribution in [0, 0.1) is 11.3 Å². The molecule has 0 fully saturated rings. The molecule has 0 saturated heterocycles. The first kappa shape index (κ1) is 28.3. The van der Waals surface area contributed by atoms with E-state index in [9.17, 15) is 13.2 Å². The average molecular weight is 528 g/mol. The molecule has 0 aliphatic heterocycles. The number of hydrogen-bond acceptors (Lipinski definition) is 6. The number of carbonyl (C=O) groups excluding carboxylic acids is 1. The SMILES string of the molecule is CCOC(=O)CCCCN(CC(C)C)S(=O)(=O)c1ccc2c(c1)nc(Cc1ccc(C(=N)N)cc1)n2C. The fourth-order valence-corrected chi connectivity index (χ4v) is 5.85. The van der Waals surface area contributed by atoms with E-state index in [-0.39, 0.29) is 29.0 Å². The molecule has 1 aromatic heterocycles. The van der Waals surface area contributed by atoms with Crippen molar-refractivity contribution in [2.45, 2.75) is 51.3 Å². The lowest BCUT2D eigenvalue weighted by Crippen LogP contribution is -2.35. The number of nitrogen functional groups attached to an aromatic ring is 1. The highest BCUT2D eigenvalue weighted by atomic mass is 32.2. The third kappa shape index (κ3) is 7.17. The lowest BCUT2D eigenvalue weighted by Gasteiger charge is -2.24. The fraction of sp³-hybridized carbons (Fsp3) is 0.444. The number of fused-ring (bicyclic) bond motifs is 1. The standard InChI is InChI=1S/C27H37N5O4S/c1-5-36-26(33)8-6-7-15-32(18-19(2)3)37(34,35)22-13-14-24-23(17-22)30-25(31(24)4)16-20-9-11-21(12-10-20)27(28)29/h9-14,17,19H,5-8,15-16,18H2,1-4H3,(H3,28,29). The Bertz CT molecular complexity index is 1350. The molecule has 0 amide bonds. The molecule has 1 heterocycles. The number of unbranched alkanes of at least 4 members (excludes halogenated alkanes) is 1. The van der Waals surface area contributed by atoms with E-state index in [1.54, 1.807) is 37.3 Å². The first-order valence-corrected chi connectivity index (χ1v) is 14.0. The lowest BCUT2D eigenvalue weighted by atomic mass is 10.1. The second kappa shape index (κ2) is 12.3. The van der Waals surface area contributed by atoms with Gasteiger partial charge in [0.05, 0.1) is 22.5 Å². The van der Waals surface area contributed by atoms with Gasteiger partial charge in [-0.15, -0.1) is 0 Å². The molecule has 0 atom stereocenters. The quantitative estimate of drug-likeness (QED) is 0.150. The highest BCUT2D eigenvalue weighted by molar-refractivity contribution is 7.89. The number of carbonyl (C=O) groups is 1. The highest BCUT2D eigenvalue weighted by Crippen LogP contribution is 2.24. The Hall–Kier alpha value is -3.24. The van der Waals surface area contributed by atoms with Gasteiger partial charge in [0.25, 0.3) is 0 Å². The van der Waals surface area contributed by atoms with Gasteiger partial charge in [0.2, 0.25) is 10.0 Å². The number of aryl methyl sites for hydroxylation is 1. The number of aromatic nitrogens is 2. The van der Waals surface area contributed by atoms with E-state index in [1.807, 2.05) is 37.6 Å². The van der Waals surface area contributed by atoms with Crippen LogP contribution in [-0.4, -0.2) is 53.8 Å². The van der Waals surface area contributed by atoms with Crippen LogP contribution in [0.3, 0.4) is 0 Å². The topological polar surface area (TPSA) is 131 Å². The zero-order valence-corrected chi connectivity index (χ0v) is 22.8. The average Bonchev–Trinajstić information content (AvgIpc) is 3.15. The van der Waals surface area contributed by atoms with Crippen LogP contribution in [0.4, 0.5) is 0 Å². The Morgan fingerprint density at radius 3 is 2.49 bits per heavy atom. The van der Waals surface area contributed by atoms with Gasteiger partial charge in [-0.2, -0.15) is 4.31 Å². The summed E-state index contributed by atoms with van der Waals surface area (Å²) in [4.78, 5) is 16.6. The molecule has 0 aliphatic carbocycles. The van der Waals surface area contributed by atoms with Crippen molar-refractivity contribution in [2.75, 3.05) is 19.7 Å². The number of nitrogens with one attached hydrogen (secondary N) is 1. The molecule has 0 bridgehead atoms. The van der Waals surface area contributed by atoms with Gasteiger partial charge in [0.1, 0.15) is 11.7 Å². The normalized spacial score (nSPS) is 11.9. The minimum absolute atomic E-state index is 0.0218. The van der Waals surface area contributed by atoms with E-state index < -0.39 is 10.0 Å². The molecule has 200 valence electrons. The van der Waals surface area contributed by atoms with Crippen molar-refractivity contribution in [2.24, 2.45) is 18.7 Å². The summed E-state index contributed by atoms with van der Waals surface area (Å²) in [6.07, 6.45) is 1.98. The van der Waals surface area contributed by atoms with E-state index in [2.05, 4.69) is 0 Å². The number of ether oxygens (including phenoxy) is 1. The molecular weight excluding hydrogens is 490 g/mol. The van der Waals surface area contributed by atoms with Gasteiger partial charge in [-0.1, -0.05) is 38.1 Å². The van der Waals surface area contributed by atoms with Crippen LogP contribution >= 0.6 is 0 Å². The van der Waals surface area contributed by atoms with Gasteiger partial charge >= 0.3 is 5.97 Å². The minimum atomic E-state index is -3.74. The summed E-state index contributed by atoms with van der Waals surface area (Å²) in [7, 11) is -1.82. The van der Waals surface area contributed by atoms with Gasteiger partial charge in [0, 0.05) is 38.5 Å². The number of imidazole rings is 1. The summed E-state index contributed by atoms with van der Waals surface area (Å²) >= 11 is 0. The Kier molecular flexibility index (Phi) is 9.45. The highest BCUT2D eigenvalue weighted by Gasteiger charge is 2.26. The predicted octanol–water partition coefficient (Wildman–Crippen LogP) is 3.83. The molecule has 0 spiro atoms. The number of sulfonamides is 1. The van der Waals surface area contributed by atoms with E-state index in [1.165, 1.54) is 4.31 Å². The molecule has 0 aliphatic rings. The third-order valence-electron chi connectivity index (χ3n) is 6.12. The predicted molar refractivity (Wildman–Crippen MR) is 145 cm³/mol. The van der Waals surface area contributed by atoms with Crippen LogP contribution in [0.25, 0.3) is 11.0 Å². The van der Waals surface area contributed by atoms with E-state index in [0.717, 1.165) is 16.9 Å². The Balaban J connectivity index is 1.80. The fourth-order valence-electron chi connectivity index (χ4n) is 4.19. The van der Waals surface area contributed by atoms with Crippen molar-refractivity contribution in [3.8, 4) is 0 Å². The third-order valence-corrected chi connectivity index (χ3v) is 7.98. The number of amidine groups is 1. The lowest BCUT2D eigenvalue weighted by molar-refractivity contribution is -0.143. The van der Waals surface area contributed by atoms with Crippen molar-refractivity contribution in [1.29, 1.82) is 5.41 Å². The molecule has 3 rings (SSSR count). The van der Waals surface area contributed by atoms with Gasteiger partial charge in [-0.05, 0) is 49.4 Å². The molecule has 10 heteroatoms. The largest absolute Gasteiger partial charge is 0.466 e. The van der Waals surface area contributed by atoms with Crippen molar-refractivity contribution in [1.82, 2.24) is 13.9 Å². The van der Waals surface area contributed by atoms with Gasteiger partial charge in [-0.3, -0.25) is 10.2 Å². The summed E-state index contributed by atoms with van der Waals surface area (Å²) in [6.45, 7) is 6.81. The minimum Gasteiger partial charge on any atom is -0.466 e. The molecule has 37 heavy (non-hydrogen) atoms. The van der Waals surface area contributed by atoms with Crippen LogP contribution in [0.1, 0.15) is 57.0 Å². The second-order valence-corrected chi connectivity index (χ2v) is 11.5. The van der Waals surface area contributed by atoms with Gasteiger partial charge in [-0.25, -0.2) is 13.4 Å². The Labute approximate surface area is 219 Å². The van der Waals surface area contributed by atoms with Gasteiger partial charge in [0.15, 0.2) is 0 Å². The molecule has 3 aromatic rings. The molecule has 0 unspecified atom stereocenters. The van der Waals surface area contributed by atoms with Crippen LogP contribution < -0.4 is 5.73 Å². The van der Waals surface area contributed by atoms with Gasteiger partial charge < -0.3 is 15.0 Å². The Morgan fingerprint density at radius 1 is 1.16 bits per heavy atom. The molecule has 9 nitrogen and oxygen atoms in total. The van der Waals surface area contributed by atoms with Crippen LogP contribution in [-0.2, 0) is 33.0 Å². The first-order valence-electron chi connectivity index (χ1n) is 12.6. The summed E-state index contributed by atoms with van der Waals surface area (Å²) in [5, 5.41) is 7.54. The summed E-state index contributed by atoms with van der Waals surface area (Å²) in [5.41, 5.74) is 8.68. The van der Waals surface area contributed by atoms with Crippen molar-refractivity contribution >= 4 is 32.9 Å².